The highest BCUT2D eigenvalue weighted by Crippen LogP contribution is 2.21. The van der Waals surface area contributed by atoms with E-state index in [1.54, 1.807) is 39.8 Å². The van der Waals surface area contributed by atoms with Crippen molar-refractivity contribution >= 4 is 12.4 Å². The highest BCUT2D eigenvalue weighted by Gasteiger charge is 2.22. The summed E-state index contributed by atoms with van der Waals surface area (Å²) in [6, 6.07) is 4.84. The Kier molecular flexibility index (Phi) is 6.08. The predicted molar refractivity (Wildman–Crippen MR) is 81.8 cm³/mol. The van der Waals surface area contributed by atoms with Gasteiger partial charge in [0.2, 0.25) is 0 Å². The third-order valence-corrected chi connectivity index (χ3v) is 2.98. The van der Waals surface area contributed by atoms with Gasteiger partial charge in [-0.2, -0.15) is 0 Å². The first-order valence-corrected chi connectivity index (χ1v) is 7.02. The molecule has 1 amide bonds. The molecule has 0 fully saturated rings. The lowest BCUT2D eigenvalue weighted by atomic mass is 9.97. The molecule has 1 rings (SSSR count). The van der Waals surface area contributed by atoms with E-state index in [2.05, 4.69) is 5.32 Å². The summed E-state index contributed by atoms with van der Waals surface area (Å²) < 4.78 is 5.04. The molecule has 0 aromatic heterocycles. The predicted octanol–water partition coefficient (Wildman–Crippen LogP) is 1.73. The first kappa shape index (κ1) is 18.1. The number of carbonyl (C=O) groups is 2. The first-order valence-electron chi connectivity index (χ1n) is 7.02. The van der Waals surface area contributed by atoms with E-state index < -0.39 is 23.9 Å². The zero-order valence-corrected chi connectivity index (χ0v) is 13.3. The van der Waals surface area contributed by atoms with Crippen LogP contribution >= 0.6 is 0 Å². The van der Waals surface area contributed by atoms with Crippen LogP contribution in [0.3, 0.4) is 0 Å². The molecule has 3 N–H and O–H groups in total. The molecule has 0 aliphatic carbocycles. The van der Waals surface area contributed by atoms with Crippen molar-refractivity contribution in [2.45, 2.75) is 45.5 Å². The van der Waals surface area contributed by atoms with Crippen molar-refractivity contribution < 1.29 is 24.5 Å². The van der Waals surface area contributed by atoms with Crippen LogP contribution in [-0.2, 0) is 4.74 Å². The van der Waals surface area contributed by atoms with E-state index >= 15 is 0 Å². The van der Waals surface area contributed by atoms with E-state index in [0.717, 1.165) is 5.56 Å². The molecule has 2 atom stereocenters. The highest BCUT2D eigenvalue weighted by molar-refractivity contribution is 5.75. The minimum absolute atomic E-state index is 0.166. The lowest BCUT2D eigenvalue weighted by molar-refractivity contribution is 0.0126. The molecule has 22 heavy (non-hydrogen) atoms. The van der Waals surface area contributed by atoms with Crippen molar-refractivity contribution in [1.29, 1.82) is 0 Å². The molecule has 1 aromatic rings. The second-order valence-electron chi connectivity index (χ2n) is 6.13. The average Bonchev–Trinajstić information content (AvgIpc) is 2.42. The van der Waals surface area contributed by atoms with Gasteiger partial charge in [-0.3, -0.25) is 4.79 Å². The fourth-order valence-corrected chi connectivity index (χ4v) is 1.87. The molecular weight excluding hydrogens is 286 g/mol. The van der Waals surface area contributed by atoms with Crippen molar-refractivity contribution in [2.24, 2.45) is 0 Å². The number of aryl methyl sites for hydroxylation is 1. The molecule has 0 heterocycles. The van der Waals surface area contributed by atoms with E-state index in [4.69, 9.17) is 4.74 Å². The van der Waals surface area contributed by atoms with E-state index in [-0.39, 0.29) is 6.54 Å². The number of carbonyl (C=O) groups excluding carboxylic acids is 2. The second kappa shape index (κ2) is 7.38. The summed E-state index contributed by atoms with van der Waals surface area (Å²) in [5.41, 5.74) is 0.965. The summed E-state index contributed by atoms with van der Waals surface area (Å²) in [6.45, 7) is 6.78. The maximum atomic E-state index is 11.5. The number of amides is 1. The van der Waals surface area contributed by atoms with Crippen LogP contribution in [0.25, 0.3) is 0 Å². The van der Waals surface area contributed by atoms with Gasteiger partial charge in [-0.1, -0.05) is 12.1 Å². The quantitative estimate of drug-likeness (QED) is 0.720. The normalized spacial score (nSPS) is 14.1. The van der Waals surface area contributed by atoms with Crippen molar-refractivity contribution in [1.82, 2.24) is 5.32 Å². The highest BCUT2D eigenvalue weighted by atomic mass is 16.6. The van der Waals surface area contributed by atoms with Gasteiger partial charge in [0.25, 0.3) is 0 Å². The van der Waals surface area contributed by atoms with Gasteiger partial charge >= 0.3 is 6.09 Å². The summed E-state index contributed by atoms with van der Waals surface area (Å²) in [7, 11) is 0. The zero-order valence-electron chi connectivity index (χ0n) is 13.3. The maximum Gasteiger partial charge on any atom is 0.407 e. The van der Waals surface area contributed by atoms with Gasteiger partial charge in [0.05, 0.1) is 0 Å². The fraction of sp³-hybridized carbons (Fsp3) is 0.500. The van der Waals surface area contributed by atoms with E-state index in [1.165, 1.54) is 6.07 Å². The Morgan fingerprint density at radius 2 is 2.00 bits per heavy atom. The molecule has 1 aromatic carbocycles. The molecule has 2 unspecified atom stereocenters. The second-order valence-corrected chi connectivity index (χ2v) is 6.13. The molecule has 0 aliphatic heterocycles. The average molecular weight is 309 g/mol. The number of hydrogen-bond donors (Lipinski definition) is 3. The molecule has 122 valence electrons. The summed E-state index contributed by atoms with van der Waals surface area (Å²) in [5, 5.41) is 22.6. The van der Waals surface area contributed by atoms with Crippen molar-refractivity contribution in [2.75, 3.05) is 6.54 Å². The van der Waals surface area contributed by atoms with Gasteiger partial charge in [0.1, 0.15) is 24.1 Å². The van der Waals surface area contributed by atoms with Crippen LogP contribution in [0.4, 0.5) is 4.79 Å². The largest absolute Gasteiger partial charge is 0.444 e. The van der Waals surface area contributed by atoms with Crippen LogP contribution in [0, 0.1) is 6.92 Å². The maximum absolute atomic E-state index is 11.5. The van der Waals surface area contributed by atoms with Gasteiger partial charge in [-0.15, -0.1) is 0 Å². The number of hydrogen-bond acceptors (Lipinski definition) is 5. The molecule has 0 radical (unpaired) electrons. The molecule has 0 spiro atoms. The van der Waals surface area contributed by atoms with Gasteiger partial charge in [-0.05, 0) is 44.9 Å². The van der Waals surface area contributed by atoms with Crippen LogP contribution in [0.1, 0.15) is 48.4 Å². The Morgan fingerprint density at radius 3 is 2.55 bits per heavy atom. The number of ether oxygens (including phenoxy) is 1. The standard InChI is InChI=1S/C16H23NO5/c1-10-5-6-11(9-18)7-12(10)14(20)13(19)8-17-15(21)22-16(2,3)4/h5-7,9,13-14,19-20H,8H2,1-4H3,(H,17,21). The Balaban J connectivity index is 2.67. The molecule has 6 nitrogen and oxygen atoms in total. The van der Waals surface area contributed by atoms with Crippen molar-refractivity contribution in [3.8, 4) is 0 Å². The first-order chi connectivity index (χ1) is 10.1. The third-order valence-electron chi connectivity index (χ3n) is 2.98. The molecule has 6 heteroatoms. The zero-order chi connectivity index (χ0) is 16.9. The molecule has 0 bridgehead atoms. The van der Waals surface area contributed by atoms with Crippen LogP contribution in [0.2, 0.25) is 0 Å². The van der Waals surface area contributed by atoms with E-state index in [9.17, 15) is 19.8 Å². The number of benzene rings is 1. The van der Waals surface area contributed by atoms with Crippen molar-refractivity contribution in [3.05, 3.63) is 34.9 Å². The number of alkyl carbamates (subject to hydrolysis) is 1. The monoisotopic (exact) mass is 309 g/mol. The van der Waals surface area contributed by atoms with Gasteiger partial charge < -0.3 is 20.3 Å². The Hall–Kier alpha value is -1.92. The van der Waals surface area contributed by atoms with Crippen LogP contribution in [-0.4, -0.2) is 40.8 Å². The Morgan fingerprint density at radius 1 is 1.36 bits per heavy atom. The molecule has 0 aliphatic rings. The van der Waals surface area contributed by atoms with Gasteiger partial charge in [-0.25, -0.2) is 4.79 Å². The Bertz CT molecular complexity index is 536. The summed E-state index contributed by atoms with van der Waals surface area (Å²) in [4.78, 5) is 22.3. The van der Waals surface area contributed by atoms with Gasteiger partial charge in [0, 0.05) is 12.1 Å². The topological polar surface area (TPSA) is 95.9 Å². The van der Waals surface area contributed by atoms with Crippen LogP contribution in [0.15, 0.2) is 18.2 Å². The van der Waals surface area contributed by atoms with Gasteiger partial charge in [0.15, 0.2) is 0 Å². The SMILES string of the molecule is Cc1ccc(C=O)cc1C(O)C(O)CNC(=O)OC(C)(C)C. The smallest absolute Gasteiger partial charge is 0.407 e. The molecule has 0 saturated heterocycles. The molecular formula is C16H23NO5. The van der Waals surface area contributed by atoms with Crippen molar-refractivity contribution in [3.63, 3.8) is 0 Å². The number of aldehydes is 1. The third kappa shape index (κ3) is 5.46. The van der Waals surface area contributed by atoms with E-state index in [0.29, 0.717) is 17.4 Å². The summed E-state index contributed by atoms with van der Waals surface area (Å²) in [6.07, 6.45) is -2.43. The minimum atomic E-state index is -1.21. The van der Waals surface area contributed by atoms with Crippen LogP contribution < -0.4 is 5.32 Å². The fourth-order valence-electron chi connectivity index (χ4n) is 1.87. The number of rotatable bonds is 5. The van der Waals surface area contributed by atoms with Crippen LogP contribution in [0.5, 0.6) is 0 Å². The Labute approximate surface area is 130 Å². The lowest BCUT2D eigenvalue weighted by Gasteiger charge is -2.23. The minimum Gasteiger partial charge on any atom is -0.444 e. The molecule has 0 saturated carbocycles. The number of aliphatic hydroxyl groups excluding tert-OH is 2. The van der Waals surface area contributed by atoms with E-state index in [1.807, 2.05) is 0 Å². The summed E-state index contributed by atoms with van der Waals surface area (Å²) in [5.74, 6) is 0. The number of nitrogens with one attached hydrogen (secondary N) is 1. The number of aliphatic hydroxyl groups is 2. The lowest BCUT2D eigenvalue weighted by Crippen LogP contribution is -2.39. The summed E-state index contributed by atoms with van der Waals surface area (Å²) >= 11 is 0.